The highest BCUT2D eigenvalue weighted by Crippen LogP contribution is 2.35. The van der Waals surface area contributed by atoms with E-state index in [2.05, 4.69) is 0 Å². The van der Waals surface area contributed by atoms with Crippen LogP contribution in [-0.4, -0.2) is 58.7 Å². The highest BCUT2D eigenvalue weighted by Gasteiger charge is 2.39. The summed E-state index contributed by atoms with van der Waals surface area (Å²) >= 11 is 0. The average Bonchev–Trinajstić information content (AvgIpc) is 3.12. The SMILES string of the molecule is CC(C)(C)OC(=O)N(CC(=O)N1C[C@@H](F)C[C@H]1C#N)C1CCC(c2ccc(F)cc2)CC1. The van der Waals surface area contributed by atoms with Crippen LogP contribution in [0.4, 0.5) is 13.6 Å². The molecule has 0 radical (unpaired) electrons. The van der Waals surface area contributed by atoms with E-state index in [9.17, 15) is 23.6 Å². The third-order valence-electron chi connectivity index (χ3n) is 6.13. The highest BCUT2D eigenvalue weighted by atomic mass is 19.1. The van der Waals surface area contributed by atoms with Crippen LogP contribution in [0.5, 0.6) is 0 Å². The number of rotatable bonds is 4. The van der Waals surface area contributed by atoms with Gasteiger partial charge in [-0.1, -0.05) is 12.1 Å². The summed E-state index contributed by atoms with van der Waals surface area (Å²) in [6, 6.07) is 7.45. The number of carbonyl (C=O) groups excluding carboxylic acids is 2. The first-order valence-corrected chi connectivity index (χ1v) is 11.2. The number of carbonyl (C=O) groups is 2. The molecule has 1 saturated carbocycles. The molecule has 1 heterocycles. The number of benzene rings is 1. The number of amides is 2. The predicted octanol–water partition coefficient (Wildman–Crippen LogP) is 4.55. The lowest BCUT2D eigenvalue weighted by Gasteiger charge is -2.38. The van der Waals surface area contributed by atoms with Crippen LogP contribution in [-0.2, 0) is 9.53 Å². The van der Waals surface area contributed by atoms with Gasteiger partial charge >= 0.3 is 6.09 Å². The topological polar surface area (TPSA) is 73.6 Å². The second-order valence-corrected chi connectivity index (χ2v) is 9.69. The van der Waals surface area contributed by atoms with Gasteiger partial charge in [0.05, 0.1) is 12.6 Å². The summed E-state index contributed by atoms with van der Waals surface area (Å²) in [5, 5.41) is 9.26. The van der Waals surface area contributed by atoms with E-state index in [1.807, 2.05) is 6.07 Å². The van der Waals surface area contributed by atoms with Gasteiger partial charge in [-0.25, -0.2) is 13.6 Å². The van der Waals surface area contributed by atoms with Gasteiger partial charge in [0.25, 0.3) is 0 Å². The minimum absolute atomic E-state index is 0.00252. The van der Waals surface area contributed by atoms with Gasteiger partial charge in [-0.05, 0) is 70.1 Å². The Morgan fingerprint density at radius 3 is 2.38 bits per heavy atom. The summed E-state index contributed by atoms with van der Waals surface area (Å²) in [5.41, 5.74) is 0.337. The molecule has 0 N–H and O–H groups in total. The second-order valence-electron chi connectivity index (χ2n) is 9.69. The Labute approximate surface area is 188 Å². The fourth-order valence-corrected chi connectivity index (χ4v) is 4.54. The van der Waals surface area contributed by atoms with E-state index in [4.69, 9.17) is 4.74 Å². The summed E-state index contributed by atoms with van der Waals surface area (Å²) in [6.45, 7) is 4.91. The van der Waals surface area contributed by atoms with Crippen LogP contribution in [0.3, 0.4) is 0 Å². The maximum absolute atomic E-state index is 13.8. The summed E-state index contributed by atoms with van der Waals surface area (Å²) in [7, 11) is 0. The summed E-state index contributed by atoms with van der Waals surface area (Å²) in [5.74, 6) is -0.453. The van der Waals surface area contributed by atoms with E-state index in [0.717, 1.165) is 18.4 Å². The molecule has 0 spiro atoms. The lowest BCUT2D eigenvalue weighted by atomic mass is 9.81. The van der Waals surface area contributed by atoms with Gasteiger partial charge in [0.2, 0.25) is 5.91 Å². The maximum Gasteiger partial charge on any atom is 0.411 e. The monoisotopic (exact) mass is 447 g/mol. The number of ether oxygens (including phenoxy) is 1. The third kappa shape index (κ3) is 5.96. The molecule has 0 aromatic heterocycles. The fourth-order valence-electron chi connectivity index (χ4n) is 4.54. The van der Waals surface area contributed by atoms with Crippen LogP contribution >= 0.6 is 0 Å². The van der Waals surface area contributed by atoms with E-state index in [0.29, 0.717) is 12.8 Å². The van der Waals surface area contributed by atoms with E-state index in [-0.39, 0.29) is 37.3 Å². The zero-order valence-corrected chi connectivity index (χ0v) is 18.9. The number of halogens is 2. The molecule has 0 bridgehead atoms. The van der Waals surface area contributed by atoms with Crippen molar-refractivity contribution in [1.82, 2.24) is 9.80 Å². The standard InChI is InChI=1S/C24H31F2N3O3/c1-24(2,3)32-23(31)29(15-22(30)28-14-19(26)12-21(28)13-27)20-10-6-17(7-11-20)16-4-8-18(25)9-5-16/h4-5,8-9,17,19-21H,6-7,10-12,14-15H2,1-3H3/t17?,19-,20?,21-/m0/s1. The Bertz CT molecular complexity index is 855. The minimum Gasteiger partial charge on any atom is -0.444 e. The number of likely N-dealkylation sites (tertiary alicyclic amines) is 1. The molecule has 0 unspecified atom stereocenters. The van der Waals surface area contributed by atoms with Crippen LogP contribution in [0.1, 0.15) is 64.4 Å². The smallest absolute Gasteiger partial charge is 0.411 e. The Morgan fingerprint density at radius 1 is 1.19 bits per heavy atom. The largest absolute Gasteiger partial charge is 0.444 e. The van der Waals surface area contributed by atoms with Crippen molar-refractivity contribution >= 4 is 12.0 Å². The molecular formula is C24H31F2N3O3. The zero-order chi connectivity index (χ0) is 23.5. The molecule has 174 valence electrons. The van der Waals surface area contributed by atoms with Gasteiger partial charge in [-0.2, -0.15) is 5.26 Å². The van der Waals surface area contributed by atoms with Crippen LogP contribution in [0.2, 0.25) is 0 Å². The summed E-state index contributed by atoms with van der Waals surface area (Å²) in [6.07, 6.45) is 1.11. The van der Waals surface area contributed by atoms with E-state index >= 15 is 0 Å². The van der Waals surface area contributed by atoms with Gasteiger partial charge in [-0.15, -0.1) is 0 Å². The van der Waals surface area contributed by atoms with Gasteiger partial charge in [-0.3, -0.25) is 9.69 Å². The molecule has 1 aliphatic carbocycles. The van der Waals surface area contributed by atoms with Crippen LogP contribution < -0.4 is 0 Å². The first-order valence-electron chi connectivity index (χ1n) is 11.2. The molecule has 1 aliphatic heterocycles. The van der Waals surface area contributed by atoms with Crippen molar-refractivity contribution in [3.05, 3.63) is 35.6 Å². The van der Waals surface area contributed by atoms with E-state index < -0.39 is 29.8 Å². The molecule has 6 nitrogen and oxygen atoms in total. The molecular weight excluding hydrogens is 416 g/mol. The van der Waals surface area contributed by atoms with Crippen molar-refractivity contribution in [1.29, 1.82) is 5.26 Å². The molecule has 2 atom stereocenters. The Morgan fingerprint density at radius 2 is 1.81 bits per heavy atom. The quantitative estimate of drug-likeness (QED) is 0.679. The number of alkyl halides is 1. The molecule has 2 aliphatic rings. The number of hydrogen-bond donors (Lipinski definition) is 0. The molecule has 2 fully saturated rings. The van der Waals surface area contributed by atoms with Crippen molar-refractivity contribution in [3.8, 4) is 6.07 Å². The van der Waals surface area contributed by atoms with Crippen molar-refractivity contribution in [2.75, 3.05) is 13.1 Å². The lowest BCUT2D eigenvalue weighted by Crippen LogP contribution is -2.50. The fraction of sp³-hybridized carbons (Fsp3) is 0.625. The van der Waals surface area contributed by atoms with Crippen molar-refractivity contribution in [2.45, 2.75) is 82.6 Å². The van der Waals surface area contributed by atoms with Gasteiger partial charge in [0, 0.05) is 12.5 Å². The zero-order valence-electron chi connectivity index (χ0n) is 18.9. The lowest BCUT2D eigenvalue weighted by molar-refractivity contribution is -0.133. The summed E-state index contributed by atoms with van der Waals surface area (Å²) in [4.78, 5) is 28.6. The van der Waals surface area contributed by atoms with Crippen molar-refractivity contribution < 1.29 is 23.1 Å². The van der Waals surface area contributed by atoms with Gasteiger partial charge < -0.3 is 9.64 Å². The average molecular weight is 448 g/mol. The molecule has 1 saturated heterocycles. The van der Waals surface area contributed by atoms with Gasteiger partial charge in [0.1, 0.15) is 30.2 Å². The second kappa shape index (κ2) is 9.85. The molecule has 1 aromatic rings. The van der Waals surface area contributed by atoms with E-state index in [1.54, 1.807) is 32.9 Å². The maximum atomic E-state index is 13.8. The minimum atomic E-state index is -1.23. The highest BCUT2D eigenvalue weighted by molar-refractivity contribution is 5.83. The molecule has 8 heteroatoms. The van der Waals surface area contributed by atoms with Gasteiger partial charge in [0.15, 0.2) is 0 Å². The number of nitriles is 1. The number of nitrogens with zero attached hydrogens (tertiary/aromatic N) is 3. The van der Waals surface area contributed by atoms with Crippen LogP contribution in [0, 0.1) is 17.1 Å². The van der Waals surface area contributed by atoms with Crippen LogP contribution in [0.25, 0.3) is 0 Å². The first kappa shape index (κ1) is 24.0. The Hall–Kier alpha value is -2.69. The predicted molar refractivity (Wildman–Crippen MR) is 115 cm³/mol. The Kier molecular flexibility index (Phi) is 7.37. The summed E-state index contributed by atoms with van der Waals surface area (Å²) < 4.78 is 32.6. The van der Waals surface area contributed by atoms with E-state index in [1.165, 1.54) is 21.9 Å². The van der Waals surface area contributed by atoms with Crippen molar-refractivity contribution in [2.24, 2.45) is 0 Å². The third-order valence-corrected chi connectivity index (χ3v) is 6.13. The first-order chi connectivity index (χ1) is 15.1. The molecule has 1 aromatic carbocycles. The number of hydrogen-bond acceptors (Lipinski definition) is 4. The normalized spacial score (nSPS) is 25.8. The molecule has 3 rings (SSSR count). The Balaban J connectivity index is 1.70. The van der Waals surface area contributed by atoms with Crippen molar-refractivity contribution in [3.63, 3.8) is 0 Å². The van der Waals surface area contributed by atoms with Crippen LogP contribution in [0.15, 0.2) is 24.3 Å². The molecule has 2 amide bonds. The molecule has 32 heavy (non-hydrogen) atoms.